The van der Waals surface area contributed by atoms with Crippen molar-refractivity contribution in [2.45, 2.75) is 116 Å². The highest BCUT2D eigenvalue weighted by atomic mass is 16.6. The number of primary amides is 1. The van der Waals surface area contributed by atoms with E-state index >= 15 is 0 Å². The molecule has 2 aliphatic carbocycles. The smallest absolute Gasteiger partial charge is 0.410 e. The van der Waals surface area contributed by atoms with Gasteiger partial charge in [0.15, 0.2) is 0 Å². The van der Waals surface area contributed by atoms with Crippen LogP contribution in [0.1, 0.15) is 115 Å². The summed E-state index contributed by atoms with van der Waals surface area (Å²) in [5, 5.41) is 0. The molecule has 3 aliphatic rings. The number of rotatable bonds is 4. The van der Waals surface area contributed by atoms with Crippen LogP contribution in [0.5, 0.6) is 0 Å². The van der Waals surface area contributed by atoms with Crippen molar-refractivity contribution < 1.29 is 19.1 Å². The van der Waals surface area contributed by atoms with Crippen molar-refractivity contribution in [3.05, 3.63) is 71.6 Å². The Kier molecular flexibility index (Phi) is 9.60. The van der Waals surface area contributed by atoms with E-state index in [9.17, 15) is 9.59 Å². The minimum absolute atomic E-state index is 0.0687. The fourth-order valence-corrected chi connectivity index (χ4v) is 7.09. The molecule has 2 fully saturated rings. The van der Waals surface area contributed by atoms with E-state index in [0.29, 0.717) is 12.5 Å². The number of imidazole rings is 2. The summed E-state index contributed by atoms with van der Waals surface area (Å²) in [5.74, 6) is 2.61. The molecule has 2 aromatic carbocycles. The van der Waals surface area contributed by atoms with Crippen molar-refractivity contribution >= 4 is 12.2 Å². The van der Waals surface area contributed by atoms with Gasteiger partial charge in [-0.25, -0.2) is 19.6 Å². The van der Waals surface area contributed by atoms with Crippen molar-refractivity contribution in [3.8, 4) is 33.6 Å². The number of amides is 2. The topological polar surface area (TPSA) is 139 Å². The molecule has 10 heteroatoms. The number of hydrogen-bond acceptors (Lipinski definition) is 6. The second kappa shape index (κ2) is 13.7. The van der Waals surface area contributed by atoms with E-state index in [1.54, 1.807) is 20.8 Å². The number of likely N-dealkylation sites (tertiary alicyclic amines) is 1. The fraction of sp³-hybridized carbons (Fsp3) is 0.487. The third-order valence-electron chi connectivity index (χ3n) is 9.27. The van der Waals surface area contributed by atoms with Crippen LogP contribution in [0.25, 0.3) is 33.6 Å². The van der Waals surface area contributed by atoms with E-state index in [4.69, 9.17) is 15.5 Å². The molecular formula is C39H50N6O4. The monoisotopic (exact) mass is 666 g/mol. The van der Waals surface area contributed by atoms with Gasteiger partial charge < -0.3 is 25.2 Å². The van der Waals surface area contributed by atoms with Crippen molar-refractivity contribution in [2.24, 2.45) is 5.73 Å². The van der Waals surface area contributed by atoms with Gasteiger partial charge in [0, 0.05) is 23.7 Å². The number of hydrogen-bond donors (Lipinski definition) is 3. The van der Waals surface area contributed by atoms with Crippen LogP contribution in [-0.4, -0.2) is 54.8 Å². The maximum Gasteiger partial charge on any atom is 0.410 e. The van der Waals surface area contributed by atoms with Gasteiger partial charge in [-0.1, -0.05) is 55.3 Å². The molecule has 4 N–H and O–H groups in total. The maximum absolute atomic E-state index is 12.9. The molecule has 1 saturated carbocycles. The summed E-state index contributed by atoms with van der Waals surface area (Å²) >= 11 is 0. The number of fused-ring (bicyclic) bond motifs is 3. The second-order valence-corrected chi connectivity index (χ2v) is 15.4. The Morgan fingerprint density at radius 2 is 1.49 bits per heavy atom. The molecule has 2 aromatic heterocycles. The Hall–Kier alpha value is -4.60. The van der Waals surface area contributed by atoms with Crippen LogP contribution in [0.2, 0.25) is 0 Å². The largest absolute Gasteiger partial charge is 0.444 e. The third kappa shape index (κ3) is 8.17. The van der Waals surface area contributed by atoms with Crippen molar-refractivity contribution in [3.63, 3.8) is 0 Å². The lowest BCUT2D eigenvalue weighted by Gasteiger charge is -2.27. The summed E-state index contributed by atoms with van der Waals surface area (Å²) in [6, 6.07) is 15.5. The normalized spacial score (nSPS) is 17.6. The van der Waals surface area contributed by atoms with Crippen LogP contribution < -0.4 is 5.73 Å². The predicted octanol–water partition coefficient (Wildman–Crippen LogP) is 8.84. The molecule has 4 aromatic rings. The summed E-state index contributed by atoms with van der Waals surface area (Å²) in [6.45, 7) is 11.7. The van der Waals surface area contributed by atoms with Gasteiger partial charge in [0.05, 0.1) is 23.6 Å². The summed E-state index contributed by atoms with van der Waals surface area (Å²) in [6.07, 6.45) is 9.85. The number of aromatic nitrogens is 4. The Balaban J connectivity index is 0.000000466. The minimum Gasteiger partial charge on any atom is -0.444 e. The average molecular weight is 667 g/mol. The molecule has 0 spiro atoms. The highest BCUT2D eigenvalue weighted by molar-refractivity contribution is 5.76. The van der Waals surface area contributed by atoms with E-state index < -0.39 is 17.3 Å². The highest BCUT2D eigenvalue weighted by Gasteiger charge is 2.36. The Morgan fingerprint density at radius 1 is 0.816 bits per heavy atom. The van der Waals surface area contributed by atoms with E-state index in [0.717, 1.165) is 54.4 Å². The number of nitrogens with one attached hydrogen (secondary N) is 2. The van der Waals surface area contributed by atoms with Gasteiger partial charge >= 0.3 is 12.2 Å². The number of aryl methyl sites for hydroxylation is 2. The molecule has 0 unspecified atom stereocenters. The van der Waals surface area contributed by atoms with Crippen LogP contribution in [-0.2, 0) is 22.3 Å². The molecule has 49 heavy (non-hydrogen) atoms. The fourth-order valence-electron chi connectivity index (χ4n) is 7.09. The second-order valence-electron chi connectivity index (χ2n) is 15.4. The lowest BCUT2D eigenvalue weighted by molar-refractivity contribution is 0.0218. The van der Waals surface area contributed by atoms with Gasteiger partial charge in [-0.15, -0.1) is 0 Å². The SMILES string of the molecule is CC(C)(C)OC(=O)N1CCC[C@H]1c1nc2c([nH]1)CCc1cc(-c3ccc(-c4cnc(C5CCCC5)[nH]4)cc3)ccc1-2.CC(C)(C)OC(N)=O. The molecule has 2 amide bonds. The molecular weight excluding hydrogens is 616 g/mol. The quantitative estimate of drug-likeness (QED) is 0.199. The number of carbonyl (C=O) groups excluding carboxylic acids is 2. The molecule has 260 valence electrons. The Labute approximate surface area is 289 Å². The molecule has 7 rings (SSSR count). The third-order valence-corrected chi connectivity index (χ3v) is 9.27. The number of nitrogens with two attached hydrogens (primary N) is 1. The van der Waals surface area contributed by atoms with Gasteiger partial charge in [-0.2, -0.15) is 0 Å². The zero-order valence-electron chi connectivity index (χ0n) is 29.7. The van der Waals surface area contributed by atoms with Crippen molar-refractivity contribution in [1.29, 1.82) is 0 Å². The van der Waals surface area contributed by atoms with E-state index in [-0.39, 0.29) is 12.1 Å². The molecule has 3 heterocycles. The Morgan fingerprint density at radius 3 is 2.14 bits per heavy atom. The number of H-pyrrole nitrogens is 2. The summed E-state index contributed by atoms with van der Waals surface area (Å²) in [5.41, 5.74) is 13.1. The van der Waals surface area contributed by atoms with E-state index in [2.05, 4.69) is 62.2 Å². The van der Waals surface area contributed by atoms with Crippen LogP contribution in [0.4, 0.5) is 9.59 Å². The van der Waals surface area contributed by atoms with Crippen LogP contribution >= 0.6 is 0 Å². The number of benzene rings is 2. The lowest BCUT2D eigenvalue weighted by atomic mass is 9.89. The minimum atomic E-state index is -0.725. The summed E-state index contributed by atoms with van der Waals surface area (Å²) in [7, 11) is 0. The Bertz CT molecular complexity index is 1790. The summed E-state index contributed by atoms with van der Waals surface area (Å²) < 4.78 is 10.3. The maximum atomic E-state index is 12.9. The number of carbonyl (C=O) groups is 2. The molecule has 1 aliphatic heterocycles. The average Bonchev–Trinajstić information content (AvgIpc) is 3.85. The van der Waals surface area contributed by atoms with Crippen molar-refractivity contribution in [2.75, 3.05) is 6.54 Å². The molecule has 10 nitrogen and oxygen atoms in total. The number of aromatic amines is 2. The van der Waals surface area contributed by atoms with Crippen molar-refractivity contribution in [1.82, 2.24) is 24.8 Å². The molecule has 1 saturated heterocycles. The van der Waals surface area contributed by atoms with E-state index in [1.165, 1.54) is 53.5 Å². The highest BCUT2D eigenvalue weighted by Crippen LogP contribution is 2.39. The number of ether oxygens (including phenoxy) is 2. The van der Waals surface area contributed by atoms with Gasteiger partial charge in [0.1, 0.15) is 22.9 Å². The van der Waals surface area contributed by atoms with Crippen LogP contribution in [0.3, 0.4) is 0 Å². The molecule has 0 bridgehead atoms. The first-order valence-corrected chi connectivity index (χ1v) is 17.6. The molecule has 1 atom stereocenters. The number of nitrogens with zero attached hydrogens (tertiary/aromatic N) is 3. The van der Waals surface area contributed by atoms with E-state index in [1.807, 2.05) is 31.9 Å². The van der Waals surface area contributed by atoms with Gasteiger partial charge in [0.2, 0.25) is 0 Å². The van der Waals surface area contributed by atoms with Gasteiger partial charge in [0.25, 0.3) is 0 Å². The zero-order valence-corrected chi connectivity index (χ0v) is 29.7. The first kappa shape index (κ1) is 34.3. The lowest BCUT2D eigenvalue weighted by Crippen LogP contribution is -2.36. The van der Waals surface area contributed by atoms with Crippen LogP contribution in [0, 0.1) is 0 Å². The zero-order chi connectivity index (χ0) is 34.9. The standard InChI is InChI=1S/C34H39N5O2.C5H11NO2/c1-34(2,3)41-33(40)39-18-6-9-29(39)32-36-27-17-15-25-19-24(14-16-26(25)30(27)38-32)21-10-12-22(13-11-21)28-20-35-31(37-28)23-7-4-5-8-23;1-5(2,3)8-4(6)7/h10-14,16,19-20,23,29H,4-9,15,17-18H2,1-3H3,(H,35,37)(H,36,38);1-3H3,(H2,6,7)/t29-;/m0./s1. The molecule has 0 radical (unpaired) electrons. The van der Waals surface area contributed by atoms with Gasteiger partial charge in [-0.3, -0.25) is 4.90 Å². The predicted molar refractivity (Wildman–Crippen MR) is 191 cm³/mol. The first-order valence-electron chi connectivity index (χ1n) is 17.6. The van der Waals surface area contributed by atoms with Crippen LogP contribution in [0.15, 0.2) is 48.7 Å². The van der Waals surface area contributed by atoms with Gasteiger partial charge in [-0.05, 0) is 102 Å². The summed E-state index contributed by atoms with van der Waals surface area (Å²) in [4.78, 5) is 41.6. The first-order chi connectivity index (χ1) is 23.2.